The third-order valence-corrected chi connectivity index (χ3v) is 1.46. The second kappa shape index (κ2) is 5.07. The zero-order chi connectivity index (χ0) is 10.4. The van der Waals surface area contributed by atoms with E-state index in [1.54, 1.807) is 6.92 Å². The van der Waals surface area contributed by atoms with Crippen molar-refractivity contribution in [2.45, 2.75) is 13.5 Å². The number of allylic oxidation sites excluding steroid dienone is 1. The summed E-state index contributed by atoms with van der Waals surface area (Å²) in [6.45, 7) is 5.23. The van der Waals surface area contributed by atoms with Gasteiger partial charge in [0.25, 0.3) is 0 Å². The van der Waals surface area contributed by atoms with Crippen molar-refractivity contribution in [1.82, 2.24) is 0 Å². The maximum atomic E-state index is 10.9. The van der Waals surface area contributed by atoms with Crippen LogP contribution in [0, 0.1) is 0 Å². The third-order valence-electron chi connectivity index (χ3n) is 1.46. The molecule has 0 saturated carbocycles. The Balaban J connectivity index is 2.34. The normalized spacial score (nSPS) is 9.21. The van der Waals surface area contributed by atoms with Crippen molar-refractivity contribution in [3.05, 3.63) is 48.2 Å². The Labute approximate surface area is 83.0 Å². The predicted molar refractivity (Wildman–Crippen MR) is 52.5 cm³/mol. The van der Waals surface area contributed by atoms with E-state index in [0.717, 1.165) is 5.56 Å². The van der Waals surface area contributed by atoms with Crippen molar-refractivity contribution in [2.75, 3.05) is 0 Å². The van der Waals surface area contributed by atoms with E-state index in [4.69, 9.17) is 4.74 Å². The van der Waals surface area contributed by atoms with Crippen molar-refractivity contribution in [3.63, 3.8) is 0 Å². The molecule has 0 amide bonds. The first-order valence-corrected chi connectivity index (χ1v) is 4.22. The topological polar surface area (TPSA) is 35.5 Å². The van der Waals surface area contributed by atoms with Gasteiger partial charge >= 0.3 is 6.16 Å². The molecular weight excluding hydrogens is 180 g/mol. The number of rotatable bonds is 3. The summed E-state index contributed by atoms with van der Waals surface area (Å²) in [7, 11) is 0. The number of hydrogen-bond acceptors (Lipinski definition) is 3. The van der Waals surface area contributed by atoms with Gasteiger partial charge < -0.3 is 9.47 Å². The van der Waals surface area contributed by atoms with Gasteiger partial charge in [-0.2, -0.15) is 0 Å². The number of carbonyl (C=O) groups is 1. The molecule has 1 rings (SSSR count). The molecule has 3 heteroatoms. The minimum Gasteiger partial charge on any atom is -0.429 e. The zero-order valence-corrected chi connectivity index (χ0v) is 8.03. The second-order valence-corrected chi connectivity index (χ2v) is 2.83. The molecule has 3 nitrogen and oxygen atoms in total. The van der Waals surface area contributed by atoms with Gasteiger partial charge in [-0.1, -0.05) is 36.9 Å². The van der Waals surface area contributed by atoms with Crippen molar-refractivity contribution in [1.29, 1.82) is 0 Å². The van der Waals surface area contributed by atoms with Gasteiger partial charge in [0.1, 0.15) is 12.4 Å². The minimum atomic E-state index is -0.721. The molecule has 0 aliphatic heterocycles. The quantitative estimate of drug-likeness (QED) is 0.545. The molecule has 0 aliphatic carbocycles. The first kappa shape index (κ1) is 10.3. The first-order chi connectivity index (χ1) is 6.68. The lowest BCUT2D eigenvalue weighted by atomic mass is 10.2. The van der Waals surface area contributed by atoms with Crippen LogP contribution in [-0.4, -0.2) is 6.16 Å². The molecule has 74 valence electrons. The lowest BCUT2D eigenvalue weighted by molar-refractivity contribution is 0.0718. The molecule has 0 spiro atoms. The molecule has 0 N–H and O–H groups in total. The van der Waals surface area contributed by atoms with Crippen LogP contribution in [0.4, 0.5) is 4.79 Å². The van der Waals surface area contributed by atoms with Gasteiger partial charge in [0.15, 0.2) is 0 Å². The van der Waals surface area contributed by atoms with Crippen molar-refractivity contribution in [2.24, 2.45) is 0 Å². The summed E-state index contributed by atoms with van der Waals surface area (Å²) in [6, 6.07) is 9.39. The molecule has 1 aromatic rings. The highest BCUT2D eigenvalue weighted by molar-refractivity contribution is 5.61. The van der Waals surface area contributed by atoms with E-state index in [1.807, 2.05) is 30.3 Å². The summed E-state index contributed by atoms with van der Waals surface area (Å²) in [6.07, 6.45) is -0.721. The Hall–Kier alpha value is -1.77. The van der Waals surface area contributed by atoms with Gasteiger partial charge in [-0.3, -0.25) is 0 Å². The fourth-order valence-electron chi connectivity index (χ4n) is 0.888. The Morgan fingerprint density at radius 3 is 2.57 bits per heavy atom. The summed E-state index contributed by atoms with van der Waals surface area (Å²) in [5, 5.41) is 0. The van der Waals surface area contributed by atoms with Gasteiger partial charge in [-0.05, 0) is 12.5 Å². The zero-order valence-electron chi connectivity index (χ0n) is 8.03. The van der Waals surface area contributed by atoms with Gasteiger partial charge in [0.05, 0.1) is 0 Å². The highest BCUT2D eigenvalue weighted by Crippen LogP contribution is 2.02. The largest absolute Gasteiger partial charge is 0.513 e. The standard InChI is InChI=1S/C11H12O3/c1-9(2)14-11(12)13-8-10-6-4-3-5-7-10/h3-7H,1,8H2,2H3. The monoisotopic (exact) mass is 192 g/mol. The van der Waals surface area contributed by atoms with Crippen LogP contribution in [-0.2, 0) is 16.1 Å². The summed E-state index contributed by atoms with van der Waals surface area (Å²) in [4.78, 5) is 10.9. The van der Waals surface area contributed by atoms with Crippen LogP contribution < -0.4 is 0 Å². The molecule has 0 aromatic heterocycles. The van der Waals surface area contributed by atoms with Crippen molar-refractivity contribution < 1.29 is 14.3 Å². The van der Waals surface area contributed by atoms with Crippen LogP contribution >= 0.6 is 0 Å². The molecule has 0 bridgehead atoms. The van der Waals surface area contributed by atoms with Crippen LogP contribution in [0.15, 0.2) is 42.7 Å². The summed E-state index contributed by atoms with van der Waals surface area (Å²) >= 11 is 0. The van der Waals surface area contributed by atoms with Crippen LogP contribution in [0.5, 0.6) is 0 Å². The Morgan fingerprint density at radius 1 is 1.36 bits per heavy atom. The fraction of sp³-hybridized carbons (Fsp3) is 0.182. The molecule has 0 unspecified atom stereocenters. The Morgan fingerprint density at radius 2 is 2.00 bits per heavy atom. The molecule has 0 radical (unpaired) electrons. The maximum absolute atomic E-state index is 10.9. The summed E-state index contributed by atoms with van der Waals surface area (Å²) in [5.41, 5.74) is 0.922. The number of ether oxygens (including phenoxy) is 2. The fourth-order valence-corrected chi connectivity index (χ4v) is 0.888. The van der Waals surface area contributed by atoms with Crippen LogP contribution in [0.1, 0.15) is 12.5 Å². The molecule has 1 aromatic carbocycles. The van der Waals surface area contributed by atoms with E-state index in [9.17, 15) is 4.79 Å². The maximum Gasteiger partial charge on any atom is 0.513 e. The van der Waals surface area contributed by atoms with Gasteiger partial charge in [0.2, 0.25) is 0 Å². The Kier molecular flexibility index (Phi) is 3.73. The Bertz CT molecular complexity index is 317. The molecule has 0 saturated heterocycles. The molecule has 0 aliphatic rings. The van der Waals surface area contributed by atoms with E-state index < -0.39 is 6.16 Å². The number of hydrogen-bond donors (Lipinski definition) is 0. The summed E-state index contributed by atoms with van der Waals surface area (Å²) < 4.78 is 9.43. The SMILES string of the molecule is C=C(C)OC(=O)OCc1ccccc1. The van der Waals surface area contributed by atoms with Crippen LogP contribution in [0.3, 0.4) is 0 Å². The van der Waals surface area contributed by atoms with Gasteiger partial charge in [-0.25, -0.2) is 4.79 Å². The van der Waals surface area contributed by atoms with Crippen molar-refractivity contribution in [3.8, 4) is 0 Å². The van der Waals surface area contributed by atoms with Crippen LogP contribution in [0.25, 0.3) is 0 Å². The summed E-state index contributed by atoms with van der Waals surface area (Å²) in [5.74, 6) is 0.322. The van der Waals surface area contributed by atoms with Gasteiger partial charge in [-0.15, -0.1) is 0 Å². The smallest absolute Gasteiger partial charge is 0.429 e. The van der Waals surface area contributed by atoms with E-state index in [1.165, 1.54) is 0 Å². The highest BCUT2D eigenvalue weighted by atomic mass is 16.7. The average molecular weight is 192 g/mol. The van der Waals surface area contributed by atoms with Gasteiger partial charge in [0, 0.05) is 0 Å². The van der Waals surface area contributed by atoms with Crippen LogP contribution in [0.2, 0.25) is 0 Å². The molecule has 0 heterocycles. The predicted octanol–water partition coefficient (Wildman–Crippen LogP) is 2.87. The third kappa shape index (κ3) is 3.76. The number of benzene rings is 1. The molecule has 14 heavy (non-hydrogen) atoms. The second-order valence-electron chi connectivity index (χ2n) is 2.83. The number of carbonyl (C=O) groups excluding carboxylic acids is 1. The molecular formula is C11H12O3. The van der Waals surface area contributed by atoms with Crippen molar-refractivity contribution >= 4 is 6.16 Å². The van der Waals surface area contributed by atoms with E-state index in [0.29, 0.717) is 5.76 Å². The lowest BCUT2D eigenvalue weighted by Crippen LogP contribution is -2.05. The minimum absolute atomic E-state index is 0.215. The average Bonchev–Trinajstić information content (AvgIpc) is 2.15. The highest BCUT2D eigenvalue weighted by Gasteiger charge is 2.03. The molecule has 0 atom stereocenters. The lowest BCUT2D eigenvalue weighted by Gasteiger charge is -2.04. The van der Waals surface area contributed by atoms with E-state index in [2.05, 4.69) is 11.3 Å². The first-order valence-electron chi connectivity index (χ1n) is 4.22. The van der Waals surface area contributed by atoms with E-state index >= 15 is 0 Å². The molecule has 0 fully saturated rings. The van der Waals surface area contributed by atoms with E-state index in [-0.39, 0.29) is 6.61 Å².